The molecular formula is C17H18FNO. The third kappa shape index (κ3) is 3.92. The fraction of sp³-hybridized carbons (Fsp3) is 0.235. The van der Waals surface area contributed by atoms with Crippen molar-refractivity contribution in [3.8, 4) is 0 Å². The molecule has 0 saturated carbocycles. The zero-order valence-electron chi connectivity index (χ0n) is 11.5. The lowest BCUT2D eigenvalue weighted by Gasteiger charge is -2.07. The average Bonchev–Trinajstić information content (AvgIpc) is 2.46. The maximum Gasteiger partial charge on any atom is 0.251 e. The van der Waals surface area contributed by atoms with Crippen LogP contribution in [0.1, 0.15) is 27.9 Å². The molecule has 2 aromatic rings. The molecule has 0 atom stereocenters. The highest BCUT2D eigenvalue weighted by Gasteiger charge is 2.06. The van der Waals surface area contributed by atoms with Gasteiger partial charge in [-0.2, -0.15) is 0 Å². The van der Waals surface area contributed by atoms with Gasteiger partial charge in [0.1, 0.15) is 5.82 Å². The lowest BCUT2D eigenvalue weighted by molar-refractivity contribution is 0.0952. The van der Waals surface area contributed by atoms with E-state index in [0.29, 0.717) is 12.1 Å². The molecule has 0 saturated heterocycles. The first-order chi connectivity index (χ1) is 9.66. The topological polar surface area (TPSA) is 29.1 Å². The van der Waals surface area contributed by atoms with E-state index >= 15 is 0 Å². The number of aryl methyl sites for hydroxylation is 2. The van der Waals surface area contributed by atoms with Gasteiger partial charge in [-0.3, -0.25) is 4.79 Å². The Labute approximate surface area is 118 Å². The molecule has 0 radical (unpaired) electrons. The van der Waals surface area contributed by atoms with Gasteiger partial charge in [0.2, 0.25) is 0 Å². The molecule has 20 heavy (non-hydrogen) atoms. The molecule has 0 heterocycles. The minimum Gasteiger partial charge on any atom is -0.352 e. The summed E-state index contributed by atoms with van der Waals surface area (Å²) < 4.78 is 12.7. The summed E-state index contributed by atoms with van der Waals surface area (Å²) in [5.41, 5.74) is 2.77. The fourth-order valence-corrected chi connectivity index (χ4v) is 2.07. The van der Waals surface area contributed by atoms with Crippen molar-refractivity contribution >= 4 is 5.91 Å². The van der Waals surface area contributed by atoms with Gasteiger partial charge in [0.25, 0.3) is 5.91 Å². The quantitative estimate of drug-likeness (QED) is 0.829. The summed E-state index contributed by atoms with van der Waals surface area (Å²) in [7, 11) is 0. The van der Waals surface area contributed by atoms with Gasteiger partial charge in [0, 0.05) is 12.1 Å². The van der Waals surface area contributed by atoms with Crippen LogP contribution in [0, 0.1) is 12.7 Å². The molecule has 0 unspecified atom stereocenters. The van der Waals surface area contributed by atoms with Gasteiger partial charge in [-0.25, -0.2) is 4.39 Å². The summed E-state index contributed by atoms with van der Waals surface area (Å²) in [6.07, 6.45) is 1.66. The van der Waals surface area contributed by atoms with Crippen molar-refractivity contribution in [3.05, 3.63) is 71.0 Å². The highest BCUT2D eigenvalue weighted by molar-refractivity contribution is 5.95. The molecule has 0 aliphatic carbocycles. The number of carbonyl (C=O) groups excluding carboxylic acids is 1. The van der Waals surface area contributed by atoms with E-state index in [1.54, 1.807) is 12.1 Å². The summed E-state index contributed by atoms with van der Waals surface area (Å²) in [5, 5.41) is 2.91. The summed E-state index contributed by atoms with van der Waals surface area (Å²) in [6, 6.07) is 14.0. The maximum absolute atomic E-state index is 12.7. The highest BCUT2D eigenvalue weighted by atomic mass is 19.1. The van der Waals surface area contributed by atoms with Crippen LogP contribution in [0.5, 0.6) is 0 Å². The molecule has 3 heteroatoms. The van der Waals surface area contributed by atoms with Crippen LogP contribution in [-0.4, -0.2) is 12.5 Å². The van der Waals surface area contributed by atoms with Crippen LogP contribution in [-0.2, 0) is 6.42 Å². The van der Waals surface area contributed by atoms with Crippen LogP contribution >= 0.6 is 0 Å². The zero-order chi connectivity index (χ0) is 14.4. The average molecular weight is 271 g/mol. The van der Waals surface area contributed by atoms with E-state index in [1.165, 1.54) is 12.1 Å². The molecule has 1 N–H and O–H groups in total. The standard InChI is InChI=1S/C17H18FNO/c1-13-5-2-3-7-16(13)17(20)19-12-4-6-14-8-10-15(18)11-9-14/h2-3,5,7-11H,4,6,12H2,1H3,(H,19,20). The Morgan fingerprint density at radius 3 is 2.50 bits per heavy atom. The summed E-state index contributed by atoms with van der Waals surface area (Å²) in [6.45, 7) is 2.54. The molecule has 2 rings (SSSR count). The van der Waals surface area contributed by atoms with Gasteiger partial charge in [-0.1, -0.05) is 30.3 Å². The Kier molecular flexibility index (Phi) is 4.88. The van der Waals surface area contributed by atoms with Crippen molar-refractivity contribution < 1.29 is 9.18 Å². The van der Waals surface area contributed by atoms with Crippen LogP contribution in [0.15, 0.2) is 48.5 Å². The smallest absolute Gasteiger partial charge is 0.251 e. The number of amides is 1. The second kappa shape index (κ2) is 6.85. The Balaban J connectivity index is 1.77. The van der Waals surface area contributed by atoms with E-state index in [9.17, 15) is 9.18 Å². The molecule has 0 fully saturated rings. The fourth-order valence-electron chi connectivity index (χ4n) is 2.07. The monoisotopic (exact) mass is 271 g/mol. The molecule has 0 aliphatic rings. The Morgan fingerprint density at radius 2 is 1.80 bits per heavy atom. The molecule has 1 amide bonds. The normalized spacial score (nSPS) is 10.3. The van der Waals surface area contributed by atoms with Crippen molar-refractivity contribution in [1.29, 1.82) is 0 Å². The van der Waals surface area contributed by atoms with Gasteiger partial charge in [0.15, 0.2) is 0 Å². The molecule has 0 bridgehead atoms. The first-order valence-corrected chi connectivity index (χ1v) is 6.75. The van der Waals surface area contributed by atoms with Crippen LogP contribution in [0.2, 0.25) is 0 Å². The molecule has 2 aromatic carbocycles. The summed E-state index contributed by atoms with van der Waals surface area (Å²) in [4.78, 5) is 12.0. The molecule has 2 nitrogen and oxygen atoms in total. The van der Waals surface area contributed by atoms with Gasteiger partial charge < -0.3 is 5.32 Å². The van der Waals surface area contributed by atoms with Crippen molar-refractivity contribution in [2.75, 3.05) is 6.54 Å². The minimum atomic E-state index is -0.221. The number of hydrogen-bond donors (Lipinski definition) is 1. The van der Waals surface area contributed by atoms with Crippen LogP contribution in [0.25, 0.3) is 0 Å². The summed E-state index contributed by atoms with van der Waals surface area (Å²) in [5.74, 6) is -0.260. The molecular weight excluding hydrogens is 253 g/mol. The zero-order valence-corrected chi connectivity index (χ0v) is 11.5. The van der Waals surface area contributed by atoms with Gasteiger partial charge in [-0.05, 0) is 49.1 Å². The van der Waals surface area contributed by atoms with E-state index < -0.39 is 0 Å². The van der Waals surface area contributed by atoms with Crippen LogP contribution in [0.3, 0.4) is 0 Å². The highest BCUT2D eigenvalue weighted by Crippen LogP contribution is 2.07. The van der Waals surface area contributed by atoms with Crippen molar-refractivity contribution in [2.24, 2.45) is 0 Å². The SMILES string of the molecule is Cc1ccccc1C(=O)NCCCc1ccc(F)cc1. The van der Waals surface area contributed by atoms with Gasteiger partial charge in [0.05, 0.1) is 0 Å². The second-order valence-corrected chi connectivity index (χ2v) is 4.80. The van der Waals surface area contributed by atoms with Crippen LogP contribution < -0.4 is 5.32 Å². The maximum atomic E-state index is 12.7. The van der Waals surface area contributed by atoms with Gasteiger partial charge in [-0.15, -0.1) is 0 Å². The Hall–Kier alpha value is -2.16. The lowest BCUT2D eigenvalue weighted by atomic mass is 10.1. The Bertz CT molecular complexity index is 578. The van der Waals surface area contributed by atoms with E-state index in [1.807, 2.05) is 31.2 Å². The first kappa shape index (κ1) is 14.3. The molecule has 104 valence electrons. The largest absolute Gasteiger partial charge is 0.352 e. The number of benzene rings is 2. The second-order valence-electron chi connectivity index (χ2n) is 4.80. The lowest BCUT2D eigenvalue weighted by Crippen LogP contribution is -2.25. The first-order valence-electron chi connectivity index (χ1n) is 6.75. The molecule has 0 aliphatic heterocycles. The number of rotatable bonds is 5. The third-order valence-electron chi connectivity index (χ3n) is 3.23. The van der Waals surface area contributed by atoms with Gasteiger partial charge >= 0.3 is 0 Å². The molecule has 0 spiro atoms. The predicted molar refractivity (Wildman–Crippen MR) is 78.2 cm³/mol. The number of hydrogen-bond acceptors (Lipinski definition) is 1. The van der Waals surface area contributed by atoms with E-state index in [4.69, 9.17) is 0 Å². The number of halogens is 1. The Morgan fingerprint density at radius 1 is 1.10 bits per heavy atom. The van der Waals surface area contributed by atoms with Crippen molar-refractivity contribution in [1.82, 2.24) is 5.32 Å². The van der Waals surface area contributed by atoms with E-state index in [0.717, 1.165) is 24.0 Å². The van der Waals surface area contributed by atoms with E-state index in [-0.39, 0.29) is 11.7 Å². The minimum absolute atomic E-state index is 0.0396. The van der Waals surface area contributed by atoms with Crippen LogP contribution in [0.4, 0.5) is 4.39 Å². The summed E-state index contributed by atoms with van der Waals surface area (Å²) >= 11 is 0. The molecule has 0 aromatic heterocycles. The van der Waals surface area contributed by atoms with E-state index in [2.05, 4.69) is 5.32 Å². The van der Waals surface area contributed by atoms with Crippen molar-refractivity contribution in [2.45, 2.75) is 19.8 Å². The van der Waals surface area contributed by atoms with Crippen molar-refractivity contribution in [3.63, 3.8) is 0 Å². The predicted octanol–water partition coefficient (Wildman–Crippen LogP) is 3.50. The number of nitrogens with one attached hydrogen (secondary N) is 1. The number of carbonyl (C=O) groups is 1. The third-order valence-corrected chi connectivity index (χ3v) is 3.23.